The number of aromatic nitrogens is 2. The average molecular weight is 263 g/mol. The summed E-state index contributed by atoms with van der Waals surface area (Å²) >= 11 is 0. The first-order valence-electron chi connectivity index (χ1n) is 7.07. The number of anilines is 2. The predicted octanol–water partition coefficient (Wildman–Crippen LogP) is 1.53. The maximum atomic E-state index is 4.75. The third-order valence-electron chi connectivity index (χ3n) is 3.82. The van der Waals surface area contributed by atoms with Crippen molar-refractivity contribution in [2.24, 2.45) is 0 Å². The molecule has 0 bridgehead atoms. The maximum Gasteiger partial charge on any atom is 0.137 e. The Labute approximate surface area is 116 Å². The summed E-state index contributed by atoms with van der Waals surface area (Å²) in [4.78, 5) is 14.1. The van der Waals surface area contributed by atoms with Crippen molar-refractivity contribution in [3.8, 4) is 0 Å². The van der Waals surface area contributed by atoms with Crippen molar-refractivity contribution in [3.05, 3.63) is 11.4 Å². The zero-order chi connectivity index (χ0) is 14.0. The molecule has 0 radical (unpaired) electrons. The van der Waals surface area contributed by atoms with Gasteiger partial charge in [0.05, 0.1) is 0 Å². The number of aryl methyl sites for hydroxylation is 1. The van der Waals surface area contributed by atoms with E-state index < -0.39 is 0 Å². The Bertz CT molecular complexity index is 446. The predicted molar refractivity (Wildman–Crippen MR) is 80.0 cm³/mol. The Morgan fingerprint density at radius 3 is 2.63 bits per heavy atom. The van der Waals surface area contributed by atoms with Crippen LogP contribution in [0.4, 0.5) is 11.6 Å². The first-order valence-corrected chi connectivity index (χ1v) is 7.07. The van der Waals surface area contributed by atoms with Gasteiger partial charge in [0.15, 0.2) is 0 Å². The number of hydrogen-bond acceptors (Lipinski definition) is 5. The summed E-state index contributed by atoms with van der Waals surface area (Å²) in [5.41, 5.74) is 1.15. The number of likely N-dealkylation sites (N-methyl/N-ethyl adjacent to an activating group) is 1. The SMILES string of the molecule is CCc1nc(NC)c(C)c(N2CCN(C)CC2C)n1. The summed E-state index contributed by atoms with van der Waals surface area (Å²) in [5, 5.41) is 3.18. The van der Waals surface area contributed by atoms with Crippen LogP contribution in [0.25, 0.3) is 0 Å². The molecule has 1 aliphatic heterocycles. The number of nitrogens with zero attached hydrogens (tertiary/aromatic N) is 4. The molecule has 106 valence electrons. The van der Waals surface area contributed by atoms with Crippen LogP contribution in [0.15, 0.2) is 0 Å². The van der Waals surface area contributed by atoms with Crippen LogP contribution in [0.5, 0.6) is 0 Å². The van der Waals surface area contributed by atoms with Crippen molar-refractivity contribution in [2.75, 3.05) is 43.9 Å². The van der Waals surface area contributed by atoms with Gasteiger partial charge in [-0.15, -0.1) is 0 Å². The summed E-state index contributed by atoms with van der Waals surface area (Å²) in [6.07, 6.45) is 0.865. The Morgan fingerprint density at radius 2 is 2.05 bits per heavy atom. The average Bonchev–Trinajstić information content (AvgIpc) is 2.40. The van der Waals surface area contributed by atoms with Crippen molar-refractivity contribution < 1.29 is 0 Å². The second kappa shape index (κ2) is 5.74. The normalized spacial score (nSPS) is 20.7. The van der Waals surface area contributed by atoms with Gasteiger partial charge in [0.2, 0.25) is 0 Å². The second-order valence-electron chi connectivity index (χ2n) is 5.35. The third-order valence-corrected chi connectivity index (χ3v) is 3.82. The lowest BCUT2D eigenvalue weighted by atomic mass is 10.1. The molecule has 1 saturated heterocycles. The monoisotopic (exact) mass is 263 g/mol. The van der Waals surface area contributed by atoms with Gasteiger partial charge in [0.25, 0.3) is 0 Å². The summed E-state index contributed by atoms with van der Waals surface area (Å²) in [6.45, 7) is 9.67. The molecule has 5 heteroatoms. The molecule has 1 aromatic rings. The minimum Gasteiger partial charge on any atom is -0.373 e. The van der Waals surface area contributed by atoms with Gasteiger partial charge in [-0.2, -0.15) is 0 Å². The van der Waals surface area contributed by atoms with Crippen LogP contribution < -0.4 is 10.2 Å². The fourth-order valence-electron chi connectivity index (χ4n) is 2.69. The van der Waals surface area contributed by atoms with Crippen molar-refractivity contribution in [3.63, 3.8) is 0 Å². The van der Waals surface area contributed by atoms with Crippen LogP contribution in [0, 0.1) is 6.92 Å². The third kappa shape index (κ3) is 2.81. The molecule has 19 heavy (non-hydrogen) atoms. The van der Waals surface area contributed by atoms with Gasteiger partial charge >= 0.3 is 0 Å². The van der Waals surface area contributed by atoms with E-state index in [1.165, 1.54) is 0 Å². The molecule has 0 spiro atoms. The number of rotatable bonds is 3. The molecule has 1 fully saturated rings. The van der Waals surface area contributed by atoms with E-state index in [-0.39, 0.29) is 0 Å². The molecule has 0 aliphatic carbocycles. The van der Waals surface area contributed by atoms with E-state index >= 15 is 0 Å². The minimum absolute atomic E-state index is 0.488. The van der Waals surface area contributed by atoms with Crippen molar-refractivity contribution >= 4 is 11.6 Å². The van der Waals surface area contributed by atoms with Crippen LogP contribution in [-0.4, -0.2) is 54.6 Å². The summed E-state index contributed by atoms with van der Waals surface area (Å²) in [6, 6.07) is 0.488. The molecule has 1 unspecified atom stereocenters. The number of nitrogens with one attached hydrogen (secondary N) is 1. The van der Waals surface area contributed by atoms with E-state index in [0.29, 0.717) is 6.04 Å². The van der Waals surface area contributed by atoms with Crippen LogP contribution in [0.3, 0.4) is 0 Å². The maximum absolute atomic E-state index is 4.75. The van der Waals surface area contributed by atoms with Crippen LogP contribution >= 0.6 is 0 Å². The molecule has 0 aromatic carbocycles. The molecule has 1 N–H and O–H groups in total. The van der Waals surface area contributed by atoms with Gasteiger partial charge in [-0.25, -0.2) is 9.97 Å². The van der Waals surface area contributed by atoms with E-state index in [4.69, 9.17) is 4.98 Å². The Morgan fingerprint density at radius 1 is 1.32 bits per heavy atom. The second-order valence-corrected chi connectivity index (χ2v) is 5.35. The standard InChI is InChI=1S/C14H25N5/c1-6-12-16-13(15-4)11(3)14(17-12)19-8-7-18(5)9-10(19)2/h10H,6-9H2,1-5H3,(H,15,16,17). The highest BCUT2D eigenvalue weighted by Gasteiger charge is 2.25. The highest BCUT2D eigenvalue weighted by Crippen LogP contribution is 2.26. The molecule has 2 heterocycles. The Hall–Kier alpha value is -1.36. The lowest BCUT2D eigenvalue weighted by molar-refractivity contribution is 0.274. The molecule has 1 atom stereocenters. The van der Waals surface area contributed by atoms with Crippen LogP contribution in [0.2, 0.25) is 0 Å². The molecule has 0 amide bonds. The van der Waals surface area contributed by atoms with Crippen LogP contribution in [0.1, 0.15) is 25.2 Å². The van der Waals surface area contributed by atoms with E-state index in [2.05, 4.69) is 47.9 Å². The minimum atomic E-state index is 0.488. The molecule has 2 rings (SSSR count). The van der Waals surface area contributed by atoms with E-state index in [1.54, 1.807) is 0 Å². The molecular weight excluding hydrogens is 238 g/mol. The fraction of sp³-hybridized carbons (Fsp3) is 0.714. The van der Waals surface area contributed by atoms with Gasteiger partial charge in [0.1, 0.15) is 17.5 Å². The molecule has 0 saturated carbocycles. The highest BCUT2D eigenvalue weighted by molar-refractivity contribution is 5.59. The van der Waals surface area contributed by atoms with E-state index in [1.807, 2.05) is 7.05 Å². The van der Waals surface area contributed by atoms with Crippen molar-refractivity contribution in [2.45, 2.75) is 33.2 Å². The molecular formula is C14H25N5. The zero-order valence-electron chi connectivity index (χ0n) is 12.7. The van der Waals surface area contributed by atoms with Crippen molar-refractivity contribution in [1.82, 2.24) is 14.9 Å². The van der Waals surface area contributed by atoms with Crippen molar-refractivity contribution in [1.29, 1.82) is 0 Å². The van der Waals surface area contributed by atoms with E-state index in [0.717, 1.165) is 49.1 Å². The number of hydrogen-bond donors (Lipinski definition) is 1. The number of piperazine rings is 1. The largest absolute Gasteiger partial charge is 0.373 e. The topological polar surface area (TPSA) is 44.3 Å². The van der Waals surface area contributed by atoms with E-state index in [9.17, 15) is 0 Å². The van der Waals surface area contributed by atoms with Gasteiger partial charge in [0, 0.05) is 44.7 Å². The van der Waals surface area contributed by atoms with Gasteiger partial charge < -0.3 is 15.1 Å². The first-order chi connectivity index (χ1) is 9.06. The summed E-state index contributed by atoms with van der Waals surface area (Å²) < 4.78 is 0. The molecule has 5 nitrogen and oxygen atoms in total. The van der Waals surface area contributed by atoms with Gasteiger partial charge in [-0.1, -0.05) is 6.92 Å². The highest BCUT2D eigenvalue weighted by atomic mass is 15.3. The first kappa shape index (κ1) is 14.1. The zero-order valence-corrected chi connectivity index (χ0v) is 12.7. The lowest BCUT2D eigenvalue weighted by Gasteiger charge is -2.39. The van der Waals surface area contributed by atoms with Gasteiger partial charge in [-0.05, 0) is 20.9 Å². The molecule has 1 aromatic heterocycles. The van der Waals surface area contributed by atoms with Gasteiger partial charge in [-0.3, -0.25) is 0 Å². The quantitative estimate of drug-likeness (QED) is 0.896. The summed E-state index contributed by atoms with van der Waals surface area (Å²) in [5.74, 6) is 2.96. The Balaban J connectivity index is 2.37. The molecule has 1 aliphatic rings. The lowest BCUT2D eigenvalue weighted by Crippen LogP contribution is -2.51. The smallest absolute Gasteiger partial charge is 0.137 e. The van der Waals surface area contributed by atoms with Crippen LogP contribution in [-0.2, 0) is 6.42 Å². The summed E-state index contributed by atoms with van der Waals surface area (Å²) in [7, 11) is 4.10. The Kier molecular flexibility index (Phi) is 4.24. The fourth-order valence-corrected chi connectivity index (χ4v) is 2.69.